The lowest BCUT2D eigenvalue weighted by Crippen LogP contribution is -2.37. The van der Waals surface area contributed by atoms with E-state index in [1.807, 2.05) is 0 Å². The Morgan fingerprint density at radius 3 is 2.56 bits per heavy atom. The van der Waals surface area contributed by atoms with E-state index in [1.54, 1.807) is 19.9 Å². The Labute approximate surface area is 120 Å². The van der Waals surface area contributed by atoms with Crippen LogP contribution >= 0.6 is 28.3 Å². The molecule has 1 aromatic rings. The van der Waals surface area contributed by atoms with E-state index in [0.717, 1.165) is 0 Å². The fourth-order valence-electron chi connectivity index (χ4n) is 1.53. The first-order valence-corrected chi connectivity index (χ1v) is 5.89. The summed E-state index contributed by atoms with van der Waals surface area (Å²) < 4.78 is 18.6. The maximum atomic E-state index is 13.2. The predicted molar refractivity (Wildman–Crippen MR) is 74.1 cm³/mol. The predicted octanol–water partition coefficient (Wildman–Crippen LogP) is 3.21. The van der Waals surface area contributed by atoms with Crippen LogP contribution in [0.3, 0.4) is 0 Å². The summed E-state index contributed by atoms with van der Waals surface area (Å²) in [6.07, 6.45) is 0. The molecule has 0 amide bonds. The summed E-state index contributed by atoms with van der Waals surface area (Å²) in [6.45, 7) is 3.34. The van der Waals surface area contributed by atoms with E-state index >= 15 is 0 Å². The van der Waals surface area contributed by atoms with Gasteiger partial charge in [-0.25, -0.2) is 4.39 Å². The molecule has 6 heteroatoms. The molecule has 0 aromatic heterocycles. The summed E-state index contributed by atoms with van der Waals surface area (Å²) in [4.78, 5) is 11.6. The number of halogens is 3. The third kappa shape index (κ3) is 3.43. The van der Waals surface area contributed by atoms with Gasteiger partial charge in [0.1, 0.15) is 5.82 Å². The molecule has 0 aliphatic carbocycles. The topological polar surface area (TPSA) is 52.3 Å². The second kappa shape index (κ2) is 6.50. The van der Waals surface area contributed by atoms with Gasteiger partial charge in [0.2, 0.25) is 0 Å². The van der Waals surface area contributed by atoms with Crippen LogP contribution in [0.5, 0.6) is 0 Å². The highest BCUT2D eigenvalue weighted by Crippen LogP contribution is 2.36. The summed E-state index contributed by atoms with van der Waals surface area (Å²) in [7, 11) is 1.30. The molecule has 0 saturated heterocycles. The number of hydrogen-bond donors (Lipinski definition) is 1. The first-order valence-electron chi connectivity index (χ1n) is 5.09. The van der Waals surface area contributed by atoms with Gasteiger partial charge in [-0.1, -0.05) is 15.9 Å². The van der Waals surface area contributed by atoms with Crippen molar-refractivity contribution in [2.45, 2.75) is 19.9 Å². The Morgan fingerprint density at radius 1 is 1.50 bits per heavy atom. The van der Waals surface area contributed by atoms with Crippen molar-refractivity contribution >= 4 is 34.3 Å². The highest BCUT2D eigenvalue weighted by Gasteiger charge is 2.37. The number of nitrogens with two attached hydrogens (primary N) is 1. The van der Waals surface area contributed by atoms with Crippen LogP contribution in [0, 0.1) is 11.2 Å². The molecule has 0 radical (unpaired) electrons. The molecule has 0 aliphatic rings. The molecule has 0 spiro atoms. The number of carbonyl (C=O) groups excluding carboxylic acids is 1. The molecule has 18 heavy (non-hydrogen) atoms. The Kier molecular flexibility index (Phi) is 6.26. The third-order valence-corrected chi connectivity index (χ3v) is 3.50. The van der Waals surface area contributed by atoms with Gasteiger partial charge in [-0.05, 0) is 37.6 Å². The zero-order valence-electron chi connectivity index (χ0n) is 10.4. The van der Waals surface area contributed by atoms with Gasteiger partial charge in [-0.15, -0.1) is 12.4 Å². The fourth-order valence-corrected chi connectivity index (χ4v) is 2.02. The maximum absolute atomic E-state index is 13.2. The Hall–Kier alpha value is -0.650. The van der Waals surface area contributed by atoms with E-state index < -0.39 is 17.4 Å². The normalized spacial score (nSPS) is 12.6. The number of carbonyl (C=O) groups is 1. The molecule has 0 bridgehead atoms. The molecular formula is C12H16BrClFNO2. The van der Waals surface area contributed by atoms with Gasteiger partial charge in [0.25, 0.3) is 0 Å². The largest absolute Gasteiger partial charge is 0.469 e. The lowest BCUT2D eigenvalue weighted by molar-refractivity contribution is -0.152. The molecule has 0 unspecified atom stereocenters. The van der Waals surface area contributed by atoms with Crippen molar-refractivity contribution in [1.29, 1.82) is 0 Å². The Bertz CT molecular complexity index is 440. The fraction of sp³-hybridized carbons (Fsp3) is 0.417. The molecule has 0 fully saturated rings. The van der Waals surface area contributed by atoms with Crippen molar-refractivity contribution in [3.05, 3.63) is 34.1 Å². The smallest absolute Gasteiger partial charge is 0.313 e. The Balaban J connectivity index is 0.00000289. The molecule has 3 nitrogen and oxygen atoms in total. The molecule has 1 aromatic carbocycles. The van der Waals surface area contributed by atoms with E-state index in [9.17, 15) is 9.18 Å². The molecular weight excluding hydrogens is 324 g/mol. The van der Waals surface area contributed by atoms with Gasteiger partial charge >= 0.3 is 5.97 Å². The Morgan fingerprint density at radius 2 is 2.06 bits per heavy atom. The molecule has 2 N–H and O–H groups in total. The van der Waals surface area contributed by atoms with Gasteiger partial charge < -0.3 is 10.5 Å². The molecule has 0 saturated carbocycles. The molecule has 1 rings (SSSR count). The van der Waals surface area contributed by atoms with Gasteiger partial charge in [-0.2, -0.15) is 0 Å². The monoisotopic (exact) mass is 339 g/mol. The number of benzene rings is 1. The lowest BCUT2D eigenvalue weighted by Gasteiger charge is -2.29. The van der Waals surface area contributed by atoms with Crippen LogP contribution in [-0.2, 0) is 9.53 Å². The van der Waals surface area contributed by atoms with E-state index in [0.29, 0.717) is 10.0 Å². The van der Waals surface area contributed by atoms with Gasteiger partial charge in [0.15, 0.2) is 0 Å². The second-order valence-electron chi connectivity index (χ2n) is 4.36. The van der Waals surface area contributed by atoms with Crippen LogP contribution < -0.4 is 5.73 Å². The summed E-state index contributed by atoms with van der Waals surface area (Å²) >= 11 is 3.30. The molecule has 0 aliphatic heterocycles. The van der Waals surface area contributed by atoms with E-state index in [2.05, 4.69) is 15.9 Å². The number of methoxy groups -OCH3 is 1. The zero-order chi connectivity index (χ0) is 13.2. The van der Waals surface area contributed by atoms with Gasteiger partial charge in [-0.3, -0.25) is 4.79 Å². The second-order valence-corrected chi connectivity index (χ2v) is 5.21. The number of esters is 1. The van der Waals surface area contributed by atoms with Gasteiger partial charge in [0.05, 0.1) is 12.5 Å². The van der Waals surface area contributed by atoms with Crippen LogP contribution in [0.1, 0.15) is 25.5 Å². The van der Waals surface area contributed by atoms with Crippen molar-refractivity contribution in [3.63, 3.8) is 0 Å². The SMILES string of the molecule is COC(=O)C(C)(C)[C@@H](N)c1cc(F)ccc1Br.Cl. The minimum atomic E-state index is -0.926. The van der Waals surface area contributed by atoms with E-state index in [1.165, 1.54) is 19.2 Å². The van der Waals surface area contributed by atoms with E-state index in [-0.39, 0.29) is 18.2 Å². The van der Waals surface area contributed by atoms with Gasteiger partial charge in [0, 0.05) is 10.5 Å². The summed E-state index contributed by atoms with van der Waals surface area (Å²) in [5.74, 6) is -0.819. The lowest BCUT2D eigenvalue weighted by atomic mass is 9.81. The molecule has 0 heterocycles. The van der Waals surface area contributed by atoms with Crippen molar-refractivity contribution in [3.8, 4) is 0 Å². The minimum absolute atomic E-state index is 0. The number of hydrogen-bond acceptors (Lipinski definition) is 3. The summed E-state index contributed by atoms with van der Waals surface area (Å²) in [5, 5.41) is 0. The quantitative estimate of drug-likeness (QED) is 0.860. The van der Waals surface area contributed by atoms with Crippen molar-refractivity contribution in [2.75, 3.05) is 7.11 Å². The summed E-state index contributed by atoms with van der Waals surface area (Å²) in [5.41, 5.74) is 5.64. The number of ether oxygens (including phenoxy) is 1. The maximum Gasteiger partial charge on any atom is 0.313 e. The highest BCUT2D eigenvalue weighted by atomic mass is 79.9. The van der Waals surface area contributed by atoms with Crippen LogP contribution in [0.25, 0.3) is 0 Å². The van der Waals surface area contributed by atoms with Crippen LogP contribution in [0.2, 0.25) is 0 Å². The first kappa shape index (κ1) is 17.4. The summed E-state index contributed by atoms with van der Waals surface area (Å²) in [6, 6.07) is 3.56. The minimum Gasteiger partial charge on any atom is -0.469 e. The third-order valence-electron chi connectivity index (χ3n) is 2.78. The average molecular weight is 341 g/mol. The zero-order valence-corrected chi connectivity index (χ0v) is 12.8. The molecule has 1 atom stereocenters. The first-order chi connectivity index (χ1) is 7.80. The number of rotatable bonds is 3. The van der Waals surface area contributed by atoms with Crippen molar-refractivity contribution in [2.24, 2.45) is 11.1 Å². The van der Waals surface area contributed by atoms with E-state index in [4.69, 9.17) is 10.5 Å². The van der Waals surface area contributed by atoms with Crippen LogP contribution in [0.15, 0.2) is 22.7 Å². The van der Waals surface area contributed by atoms with Crippen LogP contribution in [-0.4, -0.2) is 13.1 Å². The average Bonchev–Trinajstić information content (AvgIpc) is 2.30. The molecule has 102 valence electrons. The van der Waals surface area contributed by atoms with Crippen molar-refractivity contribution < 1.29 is 13.9 Å². The standard InChI is InChI=1S/C12H15BrFNO2.ClH/c1-12(2,11(16)17-3)10(15)8-6-7(14)4-5-9(8)13;/h4-6,10H,15H2,1-3H3;1H/t10-;/m0./s1. The van der Waals surface area contributed by atoms with Crippen LogP contribution in [0.4, 0.5) is 4.39 Å². The highest BCUT2D eigenvalue weighted by molar-refractivity contribution is 9.10. The van der Waals surface area contributed by atoms with Crippen molar-refractivity contribution in [1.82, 2.24) is 0 Å².